The smallest absolute Gasteiger partial charge is 0.222 e. The van der Waals surface area contributed by atoms with Crippen molar-refractivity contribution in [3.63, 3.8) is 0 Å². The normalized spacial score (nSPS) is 10.9. The quantitative estimate of drug-likeness (QED) is 0.374. The zero-order chi connectivity index (χ0) is 20.9. The summed E-state index contributed by atoms with van der Waals surface area (Å²) in [6.07, 6.45) is 1.70. The Labute approximate surface area is 176 Å². The van der Waals surface area contributed by atoms with E-state index in [1.807, 2.05) is 66.7 Å². The fraction of sp³-hybridized carbons (Fsp3) is 0.200. The molecule has 30 heavy (non-hydrogen) atoms. The molecule has 0 saturated carbocycles. The maximum Gasteiger partial charge on any atom is 0.222 e. The van der Waals surface area contributed by atoms with Crippen LogP contribution in [0, 0.1) is 0 Å². The number of benzene rings is 2. The molecule has 0 bridgehead atoms. The number of rotatable bonds is 7. The maximum absolute atomic E-state index is 6.15. The molecule has 0 unspecified atom stereocenters. The Morgan fingerprint density at radius 3 is 2.40 bits per heavy atom. The van der Waals surface area contributed by atoms with Crippen LogP contribution in [0.3, 0.4) is 0 Å². The minimum atomic E-state index is 0.161. The highest BCUT2D eigenvalue weighted by atomic mass is 16.5. The molecular formula is C25H24N2O3. The molecule has 2 aromatic carbocycles. The lowest BCUT2D eigenvalue weighted by molar-refractivity contribution is 0.306. The zero-order valence-electron chi connectivity index (χ0n) is 17.3. The van der Waals surface area contributed by atoms with E-state index in [4.69, 9.17) is 18.9 Å². The second-order valence-electron chi connectivity index (χ2n) is 7.24. The van der Waals surface area contributed by atoms with Gasteiger partial charge >= 0.3 is 0 Å². The van der Waals surface area contributed by atoms with Crippen LogP contribution in [0.5, 0.6) is 11.6 Å². The molecule has 2 aromatic heterocycles. The van der Waals surface area contributed by atoms with Crippen LogP contribution in [0.25, 0.3) is 22.6 Å². The van der Waals surface area contributed by atoms with Gasteiger partial charge in [-0.15, -0.1) is 0 Å². The summed E-state index contributed by atoms with van der Waals surface area (Å²) in [5, 5.41) is 0. The van der Waals surface area contributed by atoms with Gasteiger partial charge in [-0.1, -0.05) is 44.2 Å². The van der Waals surface area contributed by atoms with Crippen LogP contribution in [-0.4, -0.2) is 17.1 Å². The molecule has 4 rings (SSSR count). The van der Waals surface area contributed by atoms with Gasteiger partial charge in [0.1, 0.15) is 18.1 Å². The van der Waals surface area contributed by atoms with Crippen molar-refractivity contribution in [2.45, 2.75) is 26.4 Å². The summed E-state index contributed by atoms with van der Waals surface area (Å²) in [6, 6.07) is 21.8. The largest absolute Gasteiger partial charge is 0.489 e. The van der Waals surface area contributed by atoms with Crippen LogP contribution in [0.1, 0.15) is 31.2 Å². The first-order chi connectivity index (χ1) is 14.7. The molecule has 0 N–H and O–H groups in total. The van der Waals surface area contributed by atoms with E-state index in [1.165, 1.54) is 0 Å². The lowest BCUT2D eigenvalue weighted by atomic mass is 10.1. The molecule has 2 heterocycles. The first kappa shape index (κ1) is 19.7. The van der Waals surface area contributed by atoms with E-state index in [2.05, 4.69) is 18.8 Å². The molecule has 0 amide bonds. The summed E-state index contributed by atoms with van der Waals surface area (Å²) in [5.74, 6) is 2.85. The number of hydrogen-bond acceptors (Lipinski definition) is 5. The van der Waals surface area contributed by atoms with Gasteiger partial charge in [0.2, 0.25) is 5.88 Å². The Balaban J connectivity index is 1.64. The first-order valence-electron chi connectivity index (χ1n) is 9.93. The predicted octanol–water partition coefficient (Wildman–Crippen LogP) is 6.11. The highest BCUT2D eigenvalue weighted by molar-refractivity contribution is 5.79. The molecule has 5 nitrogen and oxygen atoms in total. The Bertz CT molecular complexity index is 1100. The molecule has 0 radical (unpaired) electrons. The molecule has 0 aliphatic carbocycles. The van der Waals surface area contributed by atoms with Gasteiger partial charge in [-0.05, 0) is 42.0 Å². The summed E-state index contributed by atoms with van der Waals surface area (Å²) in [4.78, 5) is 9.05. The third kappa shape index (κ3) is 4.20. The number of aromatic nitrogens is 2. The van der Waals surface area contributed by atoms with E-state index in [-0.39, 0.29) is 5.92 Å². The monoisotopic (exact) mass is 400 g/mol. The van der Waals surface area contributed by atoms with Crippen LogP contribution >= 0.6 is 0 Å². The van der Waals surface area contributed by atoms with Gasteiger partial charge in [0.15, 0.2) is 11.7 Å². The van der Waals surface area contributed by atoms with Gasteiger partial charge in [0.05, 0.1) is 12.7 Å². The molecule has 0 spiro atoms. The SMILES string of the molecule is COc1ncccc1-c1nc(C(C)C)oc1-c1ccc(OCc2ccccc2)cc1. The molecule has 0 saturated heterocycles. The predicted molar refractivity (Wildman–Crippen MR) is 117 cm³/mol. The number of pyridine rings is 1. The van der Waals surface area contributed by atoms with Gasteiger partial charge in [-0.3, -0.25) is 0 Å². The first-order valence-corrected chi connectivity index (χ1v) is 9.93. The minimum Gasteiger partial charge on any atom is -0.489 e. The molecule has 152 valence electrons. The van der Waals surface area contributed by atoms with Crippen molar-refractivity contribution in [1.29, 1.82) is 0 Å². The molecular weight excluding hydrogens is 376 g/mol. The highest BCUT2D eigenvalue weighted by Gasteiger charge is 2.21. The number of methoxy groups -OCH3 is 1. The van der Waals surface area contributed by atoms with E-state index in [1.54, 1.807) is 13.3 Å². The fourth-order valence-corrected chi connectivity index (χ4v) is 3.14. The number of nitrogens with zero attached hydrogens (tertiary/aromatic N) is 2. The third-order valence-corrected chi connectivity index (χ3v) is 4.72. The maximum atomic E-state index is 6.15. The standard InChI is InChI=1S/C25H24N2O3/c1-17(2)24-27-22(21-10-7-15-26-25(21)28-3)23(30-24)19-11-13-20(14-12-19)29-16-18-8-5-4-6-9-18/h4-15,17H,16H2,1-3H3. The average molecular weight is 400 g/mol. The lowest BCUT2D eigenvalue weighted by Gasteiger charge is -2.08. The summed E-state index contributed by atoms with van der Waals surface area (Å²) in [5.41, 5.74) is 3.57. The van der Waals surface area contributed by atoms with Crippen LogP contribution in [0.2, 0.25) is 0 Å². The molecule has 0 fully saturated rings. The summed E-state index contributed by atoms with van der Waals surface area (Å²) >= 11 is 0. The molecule has 4 aromatic rings. The molecule has 0 aliphatic rings. The van der Waals surface area contributed by atoms with E-state index in [9.17, 15) is 0 Å². The minimum absolute atomic E-state index is 0.161. The Kier molecular flexibility index (Phi) is 5.80. The molecule has 0 atom stereocenters. The number of hydrogen-bond donors (Lipinski definition) is 0. The van der Waals surface area contributed by atoms with E-state index in [0.717, 1.165) is 28.1 Å². The van der Waals surface area contributed by atoms with Crippen molar-refractivity contribution >= 4 is 0 Å². The number of ether oxygens (including phenoxy) is 2. The van der Waals surface area contributed by atoms with Crippen LogP contribution in [0.4, 0.5) is 0 Å². The second kappa shape index (κ2) is 8.82. The van der Waals surface area contributed by atoms with Gasteiger partial charge in [0, 0.05) is 17.7 Å². The van der Waals surface area contributed by atoms with E-state index in [0.29, 0.717) is 24.1 Å². The van der Waals surface area contributed by atoms with Crippen LogP contribution in [0.15, 0.2) is 77.3 Å². The summed E-state index contributed by atoms with van der Waals surface area (Å²) < 4.78 is 17.5. The van der Waals surface area contributed by atoms with Crippen LogP contribution in [-0.2, 0) is 6.61 Å². The van der Waals surface area contributed by atoms with Gasteiger partial charge < -0.3 is 13.9 Å². The van der Waals surface area contributed by atoms with Gasteiger partial charge in [0.25, 0.3) is 0 Å². The Morgan fingerprint density at radius 1 is 0.933 bits per heavy atom. The van der Waals surface area contributed by atoms with Crippen LogP contribution < -0.4 is 9.47 Å². The van der Waals surface area contributed by atoms with Crippen molar-refractivity contribution in [3.05, 3.63) is 84.4 Å². The molecule has 0 aliphatic heterocycles. The highest BCUT2D eigenvalue weighted by Crippen LogP contribution is 2.38. The van der Waals surface area contributed by atoms with Crippen molar-refractivity contribution in [2.24, 2.45) is 0 Å². The summed E-state index contributed by atoms with van der Waals surface area (Å²) in [6.45, 7) is 4.64. The Hall–Kier alpha value is -3.60. The van der Waals surface area contributed by atoms with E-state index >= 15 is 0 Å². The molecule has 5 heteroatoms. The van der Waals surface area contributed by atoms with Crippen molar-refractivity contribution in [2.75, 3.05) is 7.11 Å². The zero-order valence-corrected chi connectivity index (χ0v) is 17.3. The van der Waals surface area contributed by atoms with Gasteiger partial charge in [-0.2, -0.15) is 0 Å². The van der Waals surface area contributed by atoms with Crippen molar-refractivity contribution in [1.82, 2.24) is 9.97 Å². The fourth-order valence-electron chi connectivity index (χ4n) is 3.14. The van der Waals surface area contributed by atoms with Crippen molar-refractivity contribution in [3.8, 4) is 34.2 Å². The van der Waals surface area contributed by atoms with E-state index < -0.39 is 0 Å². The Morgan fingerprint density at radius 2 is 1.70 bits per heavy atom. The summed E-state index contributed by atoms with van der Waals surface area (Å²) in [7, 11) is 1.60. The van der Waals surface area contributed by atoms with Crippen molar-refractivity contribution < 1.29 is 13.9 Å². The van der Waals surface area contributed by atoms with Gasteiger partial charge in [-0.25, -0.2) is 9.97 Å². The number of oxazole rings is 1. The second-order valence-corrected chi connectivity index (χ2v) is 7.24. The third-order valence-electron chi connectivity index (χ3n) is 4.72. The average Bonchev–Trinajstić information content (AvgIpc) is 3.24. The topological polar surface area (TPSA) is 57.4 Å². The lowest BCUT2D eigenvalue weighted by Crippen LogP contribution is -1.95.